The summed E-state index contributed by atoms with van der Waals surface area (Å²) < 4.78 is 28.9. The highest BCUT2D eigenvalue weighted by Gasteiger charge is 2.42. The van der Waals surface area contributed by atoms with Gasteiger partial charge in [-0.2, -0.15) is 4.58 Å². The van der Waals surface area contributed by atoms with Gasteiger partial charge >= 0.3 is 11.9 Å². The number of nitrogens with zero attached hydrogens (tertiary/aromatic N) is 2. The van der Waals surface area contributed by atoms with Crippen LogP contribution in [0.1, 0.15) is 38.8 Å². The third kappa shape index (κ3) is 10.1. The maximum absolute atomic E-state index is 11.0. The maximum Gasteiger partial charge on any atom is 0.302 e. The molecule has 0 bridgehead atoms. The SMILES string of the molecule is CC(=O)OCCOCCOCCN(CCOCCOC(C)=O)c1ccc(/C=C/C2=[N+](C)c3ccccc3C2(C)C)cc1. The lowest BCUT2D eigenvalue weighted by Gasteiger charge is -2.25. The summed E-state index contributed by atoms with van der Waals surface area (Å²) in [4.78, 5) is 24.0. The quantitative estimate of drug-likeness (QED) is 0.146. The van der Waals surface area contributed by atoms with E-state index in [4.69, 9.17) is 23.7 Å². The number of allylic oxidation sites excluding steroid dienone is 1. The molecule has 0 saturated carbocycles. The van der Waals surface area contributed by atoms with Crippen molar-refractivity contribution in [3.8, 4) is 0 Å². The standard InChI is InChI=1S/C33H45N2O7/c1-26(36)41-24-22-39-19-17-35(16-18-38-20-21-40-23-25-42-27(2)37)29-13-10-28(11-14-29)12-15-32-33(3,4)30-8-6-7-9-31(30)34(32)5/h6-15H,16-25H2,1-5H3/q+1. The Balaban J connectivity index is 1.55. The van der Waals surface area contributed by atoms with Crippen LogP contribution in [0.3, 0.4) is 0 Å². The van der Waals surface area contributed by atoms with Crippen molar-refractivity contribution < 1.29 is 37.8 Å². The lowest BCUT2D eigenvalue weighted by atomic mass is 9.81. The van der Waals surface area contributed by atoms with Crippen LogP contribution >= 0.6 is 0 Å². The van der Waals surface area contributed by atoms with E-state index in [0.717, 1.165) is 11.3 Å². The van der Waals surface area contributed by atoms with Gasteiger partial charge in [0.2, 0.25) is 5.69 Å². The summed E-state index contributed by atoms with van der Waals surface area (Å²) in [6, 6.07) is 17.0. The van der Waals surface area contributed by atoms with Crippen molar-refractivity contribution in [2.75, 3.05) is 77.9 Å². The maximum atomic E-state index is 11.0. The van der Waals surface area contributed by atoms with Crippen molar-refractivity contribution >= 4 is 35.1 Å². The molecule has 42 heavy (non-hydrogen) atoms. The van der Waals surface area contributed by atoms with E-state index >= 15 is 0 Å². The molecule has 1 aliphatic rings. The third-order valence-electron chi connectivity index (χ3n) is 7.08. The molecule has 0 aliphatic carbocycles. The van der Waals surface area contributed by atoms with Gasteiger partial charge in [0.15, 0.2) is 5.71 Å². The zero-order valence-corrected chi connectivity index (χ0v) is 25.6. The van der Waals surface area contributed by atoms with E-state index in [-0.39, 0.29) is 30.6 Å². The highest BCUT2D eigenvalue weighted by Crippen LogP contribution is 2.39. The predicted molar refractivity (Wildman–Crippen MR) is 164 cm³/mol. The number of carbonyl (C=O) groups is 2. The van der Waals surface area contributed by atoms with Crippen molar-refractivity contribution in [2.45, 2.75) is 33.1 Å². The smallest absolute Gasteiger partial charge is 0.302 e. The number of anilines is 1. The average Bonchev–Trinajstić information content (AvgIpc) is 3.16. The number of fused-ring (bicyclic) bond motifs is 1. The molecule has 2 aromatic carbocycles. The molecule has 0 amide bonds. The van der Waals surface area contributed by atoms with Gasteiger partial charge in [-0.15, -0.1) is 0 Å². The first kappa shape index (κ1) is 33.0. The summed E-state index contributed by atoms with van der Waals surface area (Å²) in [6.07, 6.45) is 4.38. The van der Waals surface area contributed by atoms with Crippen LogP contribution in [0, 0.1) is 0 Å². The summed E-state index contributed by atoms with van der Waals surface area (Å²) >= 11 is 0. The second-order valence-corrected chi connectivity index (χ2v) is 10.5. The van der Waals surface area contributed by atoms with Gasteiger partial charge < -0.3 is 28.6 Å². The molecule has 0 radical (unpaired) electrons. The first-order chi connectivity index (χ1) is 20.2. The molecule has 1 aliphatic heterocycles. The zero-order chi connectivity index (χ0) is 30.4. The van der Waals surface area contributed by atoms with Crippen molar-refractivity contribution in [3.05, 3.63) is 65.7 Å². The van der Waals surface area contributed by atoms with Gasteiger partial charge in [-0.1, -0.05) is 30.3 Å². The van der Waals surface area contributed by atoms with Gasteiger partial charge in [-0.3, -0.25) is 9.59 Å². The summed E-state index contributed by atoms with van der Waals surface area (Å²) in [6.45, 7) is 11.7. The molecule has 0 fully saturated rings. The number of rotatable bonds is 18. The van der Waals surface area contributed by atoms with Crippen molar-refractivity contribution in [1.82, 2.24) is 0 Å². The molecule has 228 valence electrons. The van der Waals surface area contributed by atoms with Crippen LogP contribution in [0.15, 0.2) is 54.6 Å². The molecular formula is C33H45N2O7+. The molecule has 0 atom stereocenters. The fourth-order valence-electron chi connectivity index (χ4n) is 4.91. The highest BCUT2D eigenvalue weighted by atomic mass is 16.6. The number of hydrogen-bond donors (Lipinski definition) is 0. The topological polar surface area (TPSA) is 86.5 Å². The van der Waals surface area contributed by atoms with Gasteiger partial charge in [-0.25, -0.2) is 0 Å². The molecule has 2 aromatic rings. The van der Waals surface area contributed by atoms with E-state index < -0.39 is 0 Å². The second-order valence-electron chi connectivity index (χ2n) is 10.5. The number of hydrogen-bond acceptors (Lipinski definition) is 8. The van der Waals surface area contributed by atoms with E-state index in [1.54, 1.807) is 0 Å². The Labute approximate surface area is 249 Å². The predicted octanol–water partition coefficient (Wildman–Crippen LogP) is 4.39. The van der Waals surface area contributed by atoms with Crippen LogP contribution in [-0.4, -0.2) is 95.2 Å². The van der Waals surface area contributed by atoms with E-state index in [1.807, 2.05) is 0 Å². The number of benzene rings is 2. The first-order valence-electron chi connectivity index (χ1n) is 14.4. The van der Waals surface area contributed by atoms with Crippen molar-refractivity contribution in [1.29, 1.82) is 0 Å². The van der Waals surface area contributed by atoms with Crippen LogP contribution in [-0.2, 0) is 38.7 Å². The van der Waals surface area contributed by atoms with Gasteiger partial charge in [0, 0.05) is 50.3 Å². The van der Waals surface area contributed by atoms with Crippen LogP contribution in [0.4, 0.5) is 11.4 Å². The van der Waals surface area contributed by atoms with Crippen LogP contribution in [0.2, 0.25) is 0 Å². The number of para-hydroxylation sites is 1. The summed E-state index contributed by atoms with van der Waals surface area (Å²) in [5.74, 6) is -0.627. The van der Waals surface area contributed by atoms with E-state index in [9.17, 15) is 9.59 Å². The molecule has 0 aromatic heterocycles. The van der Waals surface area contributed by atoms with Crippen molar-refractivity contribution in [2.24, 2.45) is 0 Å². The third-order valence-corrected chi connectivity index (χ3v) is 7.08. The summed E-state index contributed by atoms with van der Waals surface area (Å²) in [7, 11) is 2.12. The van der Waals surface area contributed by atoms with Gasteiger partial charge in [0.1, 0.15) is 20.3 Å². The van der Waals surface area contributed by atoms with Gasteiger partial charge in [0.05, 0.1) is 45.1 Å². The fourth-order valence-corrected chi connectivity index (χ4v) is 4.91. The number of carbonyl (C=O) groups excluding carboxylic acids is 2. The van der Waals surface area contributed by atoms with Gasteiger partial charge in [-0.05, 0) is 37.6 Å². The number of esters is 2. The van der Waals surface area contributed by atoms with E-state index in [0.29, 0.717) is 52.7 Å². The Bertz CT molecular complexity index is 1220. The molecule has 0 unspecified atom stereocenters. The van der Waals surface area contributed by atoms with Crippen LogP contribution < -0.4 is 4.90 Å². The summed E-state index contributed by atoms with van der Waals surface area (Å²) in [5.41, 5.74) is 5.96. The largest absolute Gasteiger partial charge is 0.463 e. The normalized spacial score (nSPS) is 13.8. The average molecular weight is 582 g/mol. The van der Waals surface area contributed by atoms with Gasteiger partial charge in [0.25, 0.3) is 0 Å². The highest BCUT2D eigenvalue weighted by molar-refractivity contribution is 6.05. The Morgan fingerprint density at radius 1 is 0.738 bits per heavy atom. The Kier molecular flexibility index (Phi) is 13.2. The summed E-state index contributed by atoms with van der Waals surface area (Å²) in [5, 5.41) is 0. The Morgan fingerprint density at radius 2 is 1.26 bits per heavy atom. The molecule has 0 N–H and O–H groups in total. The molecule has 0 saturated heterocycles. The number of ether oxygens (including phenoxy) is 5. The molecule has 9 nitrogen and oxygen atoms in total. The minimum Gasteiger partial charge on any atom is -0.463 e. The van der Waals surface area contributed by atoms with E-state index in [2.05, 4.69) is 91.1 Å². The molecule has 1 heterocycles. The zero-order valence-electron chi connectivity index (χ0n) is 25.6. The Hall–Kier alpha value is -3.53. The van der Waals surface area contributed by atoms with Crippen molar-refractivity contribution in [3.63, 3.8) is 0 Å². The lowest BCUT2D eigenvalue weighted by molar-refractivity contribution is -0.401. The van der Waals surface area contributed by atoms with Crippen LogP contribution in [0.25, 0.3) is 6.08 Å². The van der Waals surface area contributed by atoms with Crippen LogP contribution in [0.5, 0.6) is 0 Å². The van der Waals surface area contributed by atoms with E-state index in [1.165, 1.54) is 30.8 Å². The molecular weight excluding hydrogens is 536 g/mol. The molecule has 0 spiro atoms. The minimum absolute atomic E-state index is 0.0680. The Morgan fingerprint density at radius 3 is 1.81 bits per heavy atom. The minimum atomic E-state index is -0.315. The lowest BCUT2D eigenvalue weighted by Crippen LogP contribution is -2.31. The monoisotopic (exact) mass is 581 g/mol. The fraction of sp³-hybridized carbons (Fsp3) is 0.485. The first-order valence-corrected chi connectivity index (χ1v) is 14.4. The molecule has 3 rings (SSSR count). The molecule has 9 heteroatoms. The second kappa shape index (κ2) is 16.8.